The monoisotopic (exact) mass is 373 g/mol. The number of aliphatic imine (C=N–C) groups is 1. The molecule has 1 heterocycles. The Morgan fingerprint density at radius 3 is 2.32 bits per heavy atom. The van der Waals surface area contributed by atoms with Gasteiger partial charge in [0.15, 0.2) is 0 Å². The van der Waals surface area contributed by atoms with Crippen LogP contribution in [-0.4, -0.2) is 11.4 Å². The first kappa shape index (κ1) is 16.7. The van der Waals surface area contributed by atoms with E-state index in [4.69, 9.17) is 28.2 Å². The standard InChI is InChI=1S/C20H21Cl2N3/c21-15-11-17-18(12-16(15)22)25-20(9-5-2-6-10-20)19(24-17)23-13-14-7-3-1-4-8-14/h1,3-4,7-8,11-12,25H,2,5-6,9-10,13H2,(H,23,24). The third-order valence-electron chi connectivity index (χ3n) is 5.11. The van der Waals surface area contributed by atoms with E-state index in [1.165, 1.54) is 24.8 Å². The van der Waals surface area contributed by atoms with Gasteiger partial charge in [-0.3, -0.25) is 4.99 Å². The average molecular weight is 374 g/mol. The van der Waals surface area contributed by atoms with E-state index in [0.717, 1.165) is 30.1 Å². The molecule has 2 aromatic carbocycles. The van der Waals surface area contributed by atoms with E-state index >= 15 is 0 Å². The van der Waals surface area contributed by atoms with Gasteiger partial charge in [0.1, 0.15) is 5.84 Å². The maximum absolute atomic E-state index is 6.22. The summed E-state index contributed by atoms with van der Waals surface area (Å²) in [6, 6.07) is 14.1. The number of nitrogens with zero attached hydrogens (tertiary/aromatic N) is 1. The molecule has 0 amide bonds. The molecule has 4 rings (SSSR count). The smallest absolute Gasteiger partial charge is 0.127 e. The van der Waals surface area contributed by atoms with Crippen LogP contribution in [0.4, 0.5) is 11.4 Å². The normalized spacial score (nSPS) is 20.0. The molecule has 0 atom stereocenters. The van der Waals surface area contributed by atoms with Crippen molar-refractivity contribution in [2.45, 2.75) is 44.2 Å². The highest BCUT2D eigenvalue weighted by Gasteiger charge is 2.41. The number of hydrogen-bond acceptors (Lipinski definition) is 2. The number of halogens is 2. The van der Waals surface area contributed by atoms with Gasteiger partial charge < -0.3 is 10.6 Å². The summed E-state index contributed by atoms with van der Waals surface area (Å²) in [6.07, 6.45) is 5.84. The summed E-state index contributed by atoms with van der Waals surface area (Å²) in [7, 11) is 0. The summed E-state index contributed by atoms with van der Waals surface area (Å²) in [6.45, 7) is 0.670. The Labute approximate surface area is 158 Å². The van der Waals surface area contributed by atoms with Crippen molar-refractivity contribution in [1.82, 2.24) is 0 Å². The average Bonchev–Trinajstić information content (AvgIpc) is 2.63. The fourth-order valence-electron chi connectivity index (χ4n) is 3.78. The Kier molecular flexibility index (Phi) is 4.61. The van der Waals surface area contributed by atoms with Gasteiger partial charge in [-0.15, -0.1) is 0 Å². The first-order valence-electron chi connectivity index (χ1n) is 8.79. The summed E-state index contributed by atoms with van der Waals surface area (Å²) in [5.74, 6) is 1.02. The van der Waals surface area contributed by atoms with E-state index in [0.29, 0.717) is 16.6 Å². The van der Waals surface area contributed by atoms with Gasteiger partial charge in [-0.25, -0.2) is 0 Å². The van der Waals surface area contributed by atoms with Crippen molar-refractivity contribution in [3.05, 3.63) is 58.1 Å². The van der Waals surface area contributed by atoms with Gasteiger partial charge in [0.2, 0.25) is 0 Å². The molecule has 2 aromatic rings. The summed E-state index contributed by atoms with van der Waals surface area (Å²) in [4.78, 5) is 4.95. The van der Waals surface area contributed by atoms with Crippen LogP contribution in [0.3, 0.4) is 0 Å². The second-order valence-corrected chi connectivity index (χ2v) is 7.67. The minimum absolute atomic E-state index is 0.128. The molecule has 5 heteroatoms. The van der Waals surface area contributed by atoms with Crippen LogP contribution in [0, 0.1) is 0 Å². The van der Waals surface area contributed by atoms with Gasteiger partial charge in [0.25, 0.3) is 0 Å². The molecule has 0 aromatic heterocycles. The van der Waals surface area contributed by atoms with E-state index in [9.17, 15) is 0 Å². The Hall–Kier alpha value is -1.71. The number of benzene rings is 2. The Balaban J connectivity index is 1.70. The SMILES string of the molecule is Clc1cc2c(cc1Cl)NC1(CCCCC1)C(=NCc1ccccc1)N2. The maximum atomic E-state index is 6.22. The lowest BCUT2D eigenvalue weighted by Gasteiger charge is -2.44. The molecule has 1 saturated carbocycles. The van der Waals surface area contributed by atoms with Crippen molar-refractivity contribution >= 4 is 40.4 Å². The predicted octanol–water partition coefficient (Wildman–Crippen LogP) is 6.13. The first-order valence-corrected chi connectivity index (χ1v) is 9.55. The number of hydrogen-bond donors (Lipinski definition) is 2. The van der Waals surface area contributed by atoms with Crippen molar-refractivity contribution in [2.75, 3.05) is 10.6 Å². The van der Waals surface area contributed by atoms with Gasteiger partial charge in [-0.2, -0.15) is 0 Å². The van der Waals surface area contributed by atoms with E-state index < -0.39 is 0 Å². The first-order chi connectivity index (χ1) is 12.2. The third-order valence-corrected chi connectivity index (χ3v) is 5.83. The molecule has 25 heavy (non-hydrogen) atoms. The van der Waals surface area contributed by atoms with Crippen molar-refractivity contribution in [2.24, 2.45) is 4.99 Å². The largest absolute Gasteiger partial charge is 0.371 e. The molecule has 0 bridgehead atoms. The Bertz CT molecular complexity index is 796. The quantitative estimate of drug-likeness (QED) is 0.663. The molecular formula is C20H21Cl2N3. The van der Waals surface area contributed by atoms with Crippen LogP contribution < -0.4 is 10.6 Å². The van der Waals surface area contributed by atoms with Crippen molar-refractivity contribution in [1.29, 1.82) is 0 Å². The van der Waals surface area contributed by atoms with Gasteiger partial charge in [0.05, 0.1) is 33.5 Å². The molecule has 130 valence electrons. The molecule has 1 aliphatic heterocycles. The van der Waals surface area contributed by atoms with Crippen molar-refractivity contribution in [3.63, 3.8) is 0 Å². The lowest BCUT2D eigenvalue weighted by molar-refractivity contribution is 0.403. The molecule has 3 nitrogen and oxygen atoms in total. The Morgan fingerprint density at radius 2 is 1.60 bits per heavy atom. The van der Waals surface area contributed by atoms with E-state index in [1.807, 2.05) is 18.2 Å². The summed E-state index contributed by atoms with van der Waals surface area (Å²) in [5, 5.41) is 8.40. The van der Waals surface area contributed by atoms with E-state index in [-0.39, 0.29) is 5.54 Å². The van der Waals surface area contributed by atoms with Gasteiger partial charge >= 0.3 is 0 Å². The maximum Gasteiger partial charge on any atom is 0.127 e. The molecule has 0 radical (unpaired) electrons. The molecular weight excluding hydrogens is 353 g/mol. The molecule has 1 fully saturated rings. The fourth-order valence-corrected chi connectivity index (χ4v) is 4.11. The van der Waals surface area contributed by atoms with Crippen molar-refractivity contribution in [3.8, 4) is 0 Å². The van der Waals surface area contributed by atoms with Crippen LogP contribution in [0.1, 0.15) is 37.7 Å². The summed E-state index contributed by atoms with van der Waals surface area (Å²) < 4.78 is 0. The number of rotatable bonds is 2. The Morgan fingerprint density at radius 1 is 0.920 bits per heavy atom. The molecule has 0 saturated heterocycles. The van der Waals surface area contributed by atoms with Crippen molar-refractivity contribution < 1.29 is 0 Å². The molecule has 1 aliphatic carbocycles. The van der Waals surface area contributed by atoms with Crippen LogP contribution in [-0.2, 0) is 6.54 Å². The second-order valence-electron chi connectivity index (χ2n) is 6.86. The molecule has 0 unspecified atom stereocenters. The topological polar surface area (TPSA) is 36.4 Å². The fraction of sp³-hybridized carbons (Fsp3) is 0.350. The number of amidine groups is 1. The zero-order valence-electron chi connectivity index (χ0n) is 14.0. The highest BCUT2D eigenvalue weighted by Crippen LogP contribution is 2.42. The van der Waals surface area contributed by atoms with Crippen LogP contribution >= 0.6 is 23.2 Å². The number of nitrogens with one attached hydrogen (secondary N) is 2. The van der Waals surface area contributed by atoms with Gasteiger partial charge in [-0.1, -0.05) is 72.8 Å². The molecule has 1 spiro atoms. The zero-order chi connectivity index (χ0) is 17.3. The van der Waals surface area contributed by atoms with E-state index in [2.05, 4.69) is 34.9 Å². The number of anilines is 2. The third kappa shape index (κ3) is 3.36. The lowest BCUT2D eigenvalue weighted by atomic mass is 9.79. The highest BCUT2D eigenvalue weighted by molar-refractivity contribution is 6.42. The predicted molar refractivity (Wildman–Crippen MR) is 107 cm³/mol. The second kappa shape index (κ2) is 6.89. The summed E-state index contributed by atoms with van der Waals surface area (Å²) in [5.41, 5.74) is 3.03. The van der Waals surface area contributed by atoms with Crippen LogP contribution in [0.2, 0.25) is 10.0 Å². The molecule has 2 aliphatic rings. The number of fused-ring (bicyclic) bond motifs is 1. The van der Waals surface area contributed by atoms with Gasteiger partial charge in [0, 0.05) is 0 Å². The van der Waals surface area contributed by atoms with Crippen LogP contribution in [0.25, 0.3) is 0 Å². The minimum atomic E-state index is -0.128. The lowest BCUT2D eigenvalue weighted by Crippen LogP contribution is -2.53. The van der Waals surface area contributed by atoms with Crippen LogP contribution in [0.5, 0.6) is 0 Å². The minimum Gasteiger partial charge on any atom is -0.371 e. The summed E-state index contributed by atoms with van der Waals surface area (Å²) >= 11 is 12.4. The zero-order valence-corrected chi connectivity index (χ0v) is 15.5. The van der Waals surface area contributed by atoms with Crippen LogP contribution in [0.15, 0.2) is 47.5 Å². The highest BCUT2D eigenvalue weighted by atomic mass is 35.5. The molecule has 2 N–H and O–H groups in total. The van der Waals surface area contributed by atoms with Gasteiger partial charge in [-0.05, 0) is 30.5 Å². The van der Waals surface area contributed by atoms with E-state index in [1.54, 1.807) is 0 Å².